The average Bonchev–Trinajstić information content (AvgIpc) is 2.85. The van der Waals surface area contributed by atoms with Crippen molar-refractivity contribution in [2.75, 3.05) is 31.1 Å². The molecule has 8 nitrogen and oxygen atoms in total. The van der Waals surface area contributed by atoms with Gasteiger partial charge >= 0.3 is 6.18 Å². The van der Waals surface area contributed by atoms with Crippen molar-refractivity contribution < 1.29 is 18.0 Å². The molecule has 2 unspecified atom stereocenters. The number of nitriles is 1. The molecule has 1 saturated heterocycles. The zero-order valence-electron chi connectivity index (χ0n) is 21.4. The first kappa shape index (κ1) is 25.4. The number of anilines is 1. The third-order valence-corrected chi connectivity index (χ3v) is 10.2. The summed E-state index contributed by atoms with van der Waals surface area (Å²) in [4.78, 5) is 25.2. The number of carbonyl (C=O) groups excluding carboxylic acids is 1. The van der Waals surface area contributed by atoms with Gasteiger partial charge in [0.1, 0.15) is 11.7 Å². The lowest BCUT2D eigenvalue weighted by Crippen LogP contribution is -2.70. The highest BCUT2D eigenvalue weighted by atomic mass is 19.4. The molecule has 0 aromatic carbocycles. The number of nitrogens with one attached hydrogen (secondary N) is 1. The normalized spacial score (nSPS) is 34.5. The van der Waals surface area contributed by atoms with Crippen molar-refractivity contribution in [3.05, 3.63) is 23.9 Å². The first-order chi connectivity index (χ1) is 18.1. The number of aromatic nitrogens is 1. The van der Waals surface area contributed by atoms with E-state index in [-0.39, 0.29) is 22.9 Å². The molecule has 1 amide bonds. The predicted octanol–water partition coefficient (Wildman–Crippen LogP) is 3.29. The number of halogens is 3. The van der Waals surface area contributed by atoms with Gasteiger partial charge in [-0.1, -0.05) is 0 Å². The average molecular weight is 530 g/mol. The second-order valence-electron chi connectivity index (χ2n) is 12.1. The largest absolute Gasteiger partial charge is 0.417 e. The van der Waals surface area contributed by atoms with Crippen molar-refractivity contribution in [3.8, 4) is 6.19 Å². The quantitative estimate of drug-likeness (QED) is 0.344. The van der Waals surface area contributed by atoms with Crippen LogP contribution in [0, 0.1) is 34.6 Å². The maximum atomic E-state index is 12.9. The fourth-order valence-electron chi connectivity index (χ4n) is 8.36. The lowest BCUT2D eigenvalue weighted by atomic mass is 9.47. The van der Waals surface area contributed by atoms with Crippen LogP contribution in [0.15, 0.2) is 23.3 Å². The minimum absolute atomic E-state index is 0.155. The minimum Gasteiger partial charge on any atom is -0.369 e. The Labute approximate surface area is 220 Å². The van der Waals surface area contributed by atoms with Crippen LogP contribution in [0.25, 0.3) is 0 Å². The third-order valence-electron chi connectivity index (χ3n) is 10.2. The van der Waals surface area contributed by atoms with Crippen LogP contribution in [0.5, 0.6) is 0 Å². The van der Waals surface area contributed by atoms with Crippen molar-refractivity contribution in [2.24, 2.45) is 33.9 Å². The molecule has 2 atom stereocenters. The van der Waals surface area contributed by atoms with Gasteiger partial charge in [0.15, 0.2) is 0 Å². The number of piperazine rings is 1. The van der Waals surface area contributed by atoms with Crippen LogP contribution in [0.2, 0.25) is 0 Å². The summed E-state index contributed by atoms with van der Waals surface area (Å²) < 4.78 is 38.8. The summed E-state index contributed by atoms with van der Waals surface area (Å²) in [5.74, 6) is 2.41. The first-order valence-corrected chi connectivity index (χ1v) is 13.7. The topological polar surface area (TPSA) is 111 Å². The Kier molecular flexibility index (Phi) is 6.09. The molecule has 11 heteroatoms. The summed E-state index contributed by atoms with van der Waals surface area (Å²) in [5, 5.41) is 13.4. The van der Waals surface area contributed by atoms with Crippen LogP contribution in [0.1, 0.15) is 56.9 Å². The molecule has 5 aliphatic carbocycles. The second-order valence-corrected chi connectivity index (χ2v) is 12.1. The molecule has 1 aromatic rings. The highest BCUT2D eigenvalue weighted by molar-refractivity contribution is 5.93. The van der Waals surface area contributed by atoms with Gasteiger partial charge in [0.25, 0.3) is 0 Å². The first-order valence-electron chi connectivity index (χ1n) is 13.7. The molecule has 1 aliphatic heterocycles. The molecule has 6 fully saturated rings. The lowest BCUT2D eigenvalue weighted by Gasteiger charge is -2.60. The van der Waals surface area contributed by atoms with E-state index < -0.39 is 11.7 Å². The van der Waals surface area contributed by atoms with Gasteiger partial charge in [0, 0.05) is 43.8 Å². The number of nitrogens with zero attached hydrogens (tertiary/aromatic N) is 5. The SMILES string of the molecule is N#C/N=C(/NC1C2CC3CC1CC(C(N)=O)(C3)C2)C1(N2CCN(c3ccc(C(F)(F)F)cn3)CC2)CCC1. The van der Waals surface area contributed by atoms with Crippen molar-refractivity contribution in [1.82, 2.24) is 15.2 Å². The zero-order chi connectivity index (χ0) is 26.7. The van der Waals surface area contributed by atoms with E-state index in [1.807, 2.05) is 11.1 Å². The van der Waals surface area contributed by atoms with Crippen LogP contribution in [-0.2, 0) is 11.0 Å². The van der Waals surface area contributed by atoms with Crippen LogP contribution in [0.3, 0.4) is 0 Å². The molecule has 38 heavy (non-hydrogen) atoms. The Morgan fingerprint density at radius 2 is 1.82 bits per heavy atom. The van der Waals surface area contributed by atoms with Gasteiger partial charge in [-0.25, -0.2) is 4.98 Å². The summed E-state index contributed by atoms with van der Waals surface area (Å²) in [5.41, 5.74) is 4.43. The number of alkyl halides is 3. The molecule has 4 bridgehead atoms. The van der Waals surface area contributed by atoms with Crippen molar-refractivity contribution in [3.63, 3.8) is 0 Å². The number of amidine groups is 1. The van der Waals surface area contributed by atoms with Gasteiger partial charge in [0.05, 0.1) is 11.1 Å². The molecule has 204 valence electrons. The number of amides is 1. The predicted molar refractivity (Wildman–Crippen MR) is 135 cm³/mol. The van der Waals surface area contributed by atoms with Gasteiger partial charge in [-0.2, -0.15) is 23.4 Å². The molecule has 0 radical (unpaired) electrons. The Morgan fingerprint density at radius 3 is 2.32 bits per heavy atom. The fraction of sp³-hybridized carbons (Fsp3) is 0.704. The molecular formula is C27H34F3N7O. The fourth-order valence-corrected chi connectivity index (χ4v) is 8.36. The van der Waals surface area contributed by atoms with E-state index in [4.69, 9.17) is 5.73 Å². The summed E-state index contributed by atoms with van der Waals surface area (Å²) in [6.07, 6.45) is 6.15. The molecule has 3 N–H and O–H groups in total. The smallest absolute Gasteiger partial charge is 0.369 e. The van der Waals surface area contributed by atoms with Crippen LogP contribution >= 0.6 is 0 Å². The standard InChI is InChI=1S/C27H34F3N7O/c28-27(29,30)20-2-3-21(33-15-20)36-6-8-37(9-7-36)26(4-1-5-26)24(34-16-31)35-22-18-10-17-11-19(22)14-25(12-17,13-18)23(32)38/h2-3,15,17-19,22H,1,4-14H2,(H2,32,38)(H,34,35). The molecule has 6 aliphatic rings. The maximum absolute atomic E-state index is 12.9. The maximum Gasteiger partial charge on any atom is 0.417 e. The van der Waals surface area contributed by atoms with Gasteiger partial charge in [-0.05, 0) is 81.3 Å². The zero-order valence-corrected chi connectivity index (χ0v) is 21.4. The van der Waals surface area contributed by atoms with Crippen LogP contribution in [-0.4, -0.2) is 59.4 Å². The summed E-state index contributed by atoms with van der Waals surface area (Å²) in [6.45, 7) is 2.69. The van der Waals surface area contributed by atoms with E-state index in [0.717, 1.165) is 69.5 Å². The Balaban J connectivity index is 1.16. The second kappa shape index (κ2) is 9.11. The summed E-state index contributed by atoms with van der Waals surface area (Å²) in [6, 6.07) is 2.71. The van der Waals surface area contributed by atoms with E-state index in [0.29, 0.717) is 49.8 Å². The van der Waals surface area contributed by atoms with E-state index in [1.54, 1.807) is 0 Å². The number of pyridine rings is 1. The number of nitrogens with two attached hydrogens (primary N) is 1. The molecule has 5 saturated carbocycles. The number of hydrogen-bond donors (Lipinski definition) is 2. The lowest BCUT2D eigenvalue weighted by molar-refractivity contribution is -0.145. The van der Waals surface area contributed by atoms with Crippen molar-refractivity contribution in [2.45, 2.75) is 69.1 Å². The Morgan fingerprint density at radius 1 is 1.13 bits per heavy atom. The Hall–Kier alpha value is -2.87. The van der Waals surface area contributed by atoms with E-state index in [2.05, 4.69) is 20.2 Å². The van der Waals surface area contributed by atoms with Crippen molar-refractivity contribution >= 4 is 17.6 Å². The summed E-state index contributed by atoms with van der Waals surface area (Å²) >= 11 is 0. The van der Waals surface area contributed by atoms with E-state index >= 15 is 0 Å². The van der Waals surface area contributed by atoms with E-state index in [9.17, 15) is 23.2 Å². The van der Waals surface area contributed by atoms with Gasteiger partial charge in [-0.15, -0.1) is 0 Å². The van der Waals surface area contributed by atoms with E-state index in [1.165, 1.54) is 6.07 Å². The number of primary amides is 1. The molecule has 7 rings (SSSR count). The molecule has 2 heterocycles. The Bertz CT molecular complexity index is 1130. The number of carbonyl (C=O) groups is 1. The van der Waals surface area contributed by atoms with Crippen molar-refractivity contribution in [1.29, 1.82) is 5.26 Å². The minimum atomic E-state index is -4.40. The summed E-state index contributed by atoms with van der Waals surface area (Å²) in [7, 11) is 0. The highest BCUT2D eigenvalue weighted by Crippen LogP contribution is 2.60. The molecule has 1 aromatic heterocycles. The van der Waals surface area contributed by atoms with Gasteiger partial charge < -0.3 is 16.0 Å². The molecular weight excluding hydrogens is 495 g/mol. The highest BCUT2D eigenvalue weighted by Gasteiger charge is 2.59. The third kappa shape index (κ3) is 4.12. The van der Waals surface area contributed by atoms with Gasteiger partial charge in [-0.3, -0.25) is 9.69 Å². The number of aliphatic imine (C=N–C) groups is 1. The van der Waals surface area contributed by atoms with Gasteiger partial charge in [0.2, 0.25) is 12.1 Å². The monoisotopic (exact) mass is 529 g/mol. The van der Waals surface area contributed by atoms with Crippen LogP contribution < -0.4 is 16.0 Å². The number of rotatable bonds is 5. The molecule has 0 spiro atoms. The number of hydrogen-bond acceptors (Lipinski definition) is 6. The van der Waals surface area contributed by atoms with Crippen LogP contribution in [0.4, 0.5) is 19.0 Å².